The van der Waals surface area contributed by atoms with E-state index in [4.69, 9.17) is 4.74 Å². The number of rotatable bonds is 5. The van der Waals surface area contributed by atoms with E-state index in [1.807, 2.05) is 25.1 Å². The number of para-hydroxylation sites is 1. The van der Waals surface area contributed by atoms with E-state index in [2.05, 4.69) is 30.9 Å². The molecule has 0 saturated carbocycles. The molecular weight excluding hydrogens is 342 g/mol. The number of nitrogens with zero attached hydrogens (tertiary/aromatic N) is 3. The Hall–Kier alpha value is -1.63. The number of quaternary nitrogens is 1. The summed E-state index contributed by atoms with van der Waals surface area (Å²) in [5.74, 6) is 0.333. The highest BCUT2D eigenvalue weighted by molar-refractivity contribution is 5.60. The number of anilines is 1. The third-order valence-electron chi connectivity index (χ3n) is 4.86. The summed E-state index contributed by atoms with van der Waals surface area (Å²) in [5, 5.41) is 15.6. The van der Waals surface area contributed by atoms with Crippen molar-refractivity contribution in [3.63, 3.8) is 0 Å². The predicted octanol–water partition coefficient (Wildman–Crippen LogP) is 4.41. The van der Waals surface area contributed by atoms with Crippen molar-refractivity contribution in [2.24, 2.45) is 5.92 Å². The van der Waals surface area contributed by atoms with Gasteiger partial charge in [-0.3, -0.25) is 0 Å². The van der Waals surface area contributed by atoms with Gasteiger partial charge in [-0.25, -0.2) is 0 Å². The van der Waals surface area contributed by atoms with Crippen LogP contribution in [0.4, 0.5) is 10.5 Å². The van der Waals surface area contributed by atoms with Crippen LogP contribution in [0.1, 0.15) is 48.0 Å². The van der Waals surface area contributed by atoms with Crippen molar-refractivity contribution in [3.05, 3.63) is 35.5 Å². The normalized spacial score (nSPS) is 19.6. The highest BCUT2D eigenvalue weighted by atomic mass is 16.7. The molecule has 0 spiro atoms. The maximum atomic E-state index is 13.9. The van der Waals surface area contributed by atoms with Crippen LogP contribution in [-0.4, -0.2) is 53.7 Å². The molecule has 0 bridgehead atoms. The summed E-state index contributed by atoms with van der Waals surface area (Å²) in [4.78, 5) is 15.2. The third kappa shape index (κ3) is 5.43. The van der Waals surface area contributed by atoms with Gasteiger partial charge in [0.1, 0.15) is 11.6 Å². The van der Waals surface area contributed by atoms with Crippen LogP contribution in [0.25, 0.3) is 0 Å². The van der Waals surface area contributed by atoms with Crippen molar-refractivity contribution in [1.82, 2.24) is 5.01 Å². The Labute approximate surface area is 163 Å². The molecule has 2 unspecified atom stereocenters. The quantitative estimate of drug-likeness (QED) is 0.562. The third-order valence-corrected chi connectivity index (χ3v) is 4.86. The summed E-state index contributed by atoms with van der Waals surface area (Å²) in [6.45, 7) is 13.9. The first kappa shape index (κ1) is 21.7. The SMILES string of the molecule is CC(C)CC(C)[N+]([O-])(C(=O)OC(C)(C)C)N1CCN(c2ccccc2)CC1. The molecule has 0 radical (unpaired) electrons. The molecular formula is C21H35N3O3. The maximum Gasteiger partial charge on any atom is 0.537 e. The number of amides is 1. The molecule has 1 saturated heterocycles. The van der Waals surface area contributed by atoms with E-state index in [0.29, 0.717) is 38.5 Å². The van der Waals surface area contributed by atoms with E-state index in [0.717, 1.165) is 5.69 Å². The summed E-state index contributed by atoms with van der Waals surface area (Å²) in [5.41, 5.74) is 0.461. The molecule has 27 heavy (non-hydrogen) atoms. The Morgan fingerprint density at radius 3 is 2.15 bits per heavy atom. The number of hydrogen-bond donors (Lipinski definition) is 0. The van der Waals surface area contributed by atoms with Crippen molar-refractivity contribution < 1.29 is 14.3 Å². The molecule has 1 aliphatic heterocycles. The van der Waals surface area contributed by atoms with Gasteiger partial charge in [-0.05, 0) is 45.7 Å². The smallest absolute Gasteiger partial charge is 0.537 e. The molecule has 1 aromatic rings. The first-order chi connectivity index (χ1) is 12.5. The fourth-order valence-electron chi connectivity index (χ4n) is 3.62. The summed E-state index contributed by atoms with van der Waals surface area (Å²) < 4.78 is 4.51. The van der Waals surface area contributed by atoms with Gasteiger partial charge >= 0.3 is 6.09 Å². The topological polar surface area (TPSA) is 55.8 Å². The molecule has 152 valence electrons. The molecule has 2 atom stereocenters. The monoisotopic (exact) mass is 377 g/mol. The van der Waals surface area contributed by atoms with Crippen LogP contribution >= 0.6 is 0 Å². The summed E-state index contributed by atoms with van der Waals surface area (Å²) in [6, 6.07) is 9.79. The van der Waals surface area contributed by atoms with E-state index < -0.39 is 16.4 Å². The van der Waals surface area contributed by atoms with Gasteiger partial charge in [-0.2, -0.15) is 9.55 Å². The van der Waals surface area contributed by atoms with Crippen molar-refractivity contribution in [3.8, 4) is 0 Å². The molecule has 1 aromatic carbocycles. The second kappa shape index (κ2) is 8.59. The van der Waals surface area contributed by atoms with Gasteiger partial charge in [0, 0.05) is 25.2 Å². The second-order valence-electron chi connectivity index (χ2n) is 8.86. The van der Waals surface area contributed by atoms with Crippen molar-refractivity contribution >= 4 is 11.8 Å². The van der Waals surface area contributed by atoms with Crippen LogP contribution in [0.3, 0.4) is 0 Å². The number of carbonyl (C=O) groups excluding carboxylic acids is 1. The molecule has 2 rings (SSSR count). The highest BCUT2D eigenvalue weighted by Crippen LogP contribution is 2.28. The van der Waals surface area contributed by atoms with Crippen LogP contribution < -0.4 is 4.90 Å². The summed E-state index contributed by atoms with van der Waals surface area (Å²) in [6.07, 6.45) is -0.0365. The number of benzene rings is 1. The van der Waals surface area contributed by atoms with E-state index in [1.54, 1.807) is 25.8 Å². The summed E-state index contributed by atoms with van der Waals surface area (Å²) >= 11 is 0. The predicted molar refractivity (Wildman–Crippen MR) is 109 cm³/mol. The minimum absolute atomic E-state index is 0.333. The van der Waals surface area contributed by atoms with Crippen LogP contribution in [0.5, 0.6) is 0 Å². The van der Waals surface area contributed by atoms with Gasteiger partial charge in [0.05, 0.1) is 13.1 Å². The van der Waals surface area contributed by atoms with Crippen LogP contribution in [0.15, 0.2) is 30.3 Å². The zero-order chi connectivity index (χ0) is 20.2. The molecule has 1 fully saturated rings. The fourth-order valence-corrected chi connectivity index (χ4v) is 3.62. The van der Waals surface area contributed by atoms with Gasteiger partial charge in [0.2, 0.25) is 0 Å². The average molecular weight is 378 g/mol. The van der Waals surface area contributed by atoms with E-state index in [1.165, 1.54) is 0 Å². The van der Waals surface area contributed by atoms with Crippen LogP contribution in [-0.2, 0) is 4.74 Å². The van der Waals surface area contributed by atoms with Crippen LogP contribution in [0.2, 0.25) is 0 Å². The molecule has 0 aromatic heterocycles. The number of carbonyl (C=O) groups is 1. The number of hydroxylamine groups is 2. The molecule has 6 heteroatoms. The Morgan fingerprint density at radius 1 is 1.11 bits per heavy atom. The lowest BCUT2D eigenvalue weighted by Gasteiger charge is -2.52. The molecule has 1 heterocycles. The molecule has 0 aliphatic carbocycles. The Bertz CT molecular complexity index is 607. The first-order valence-electron chi connectivity index (χ1n) is 9.92. The van der Waals surface area contributed by atoms with Crippen LogP contribution in [0, 0.1) is 11.1 Å². The second-order valence-corrected chi connectivity index (χ2v) is 8.86. The highest BCUT2D eigenvalue weighted by Gasteiger charge is 2.45. The molecule has 6 nitrogen and oxygen atoms in total. The lowest BCUT2D eigenvalue weighted by molar-refractivity contribution is -0.951. The van der Waals surface area contributed by atoms with Gasteiger partial charge in [-0.15, -0.1) is 5.01 Å². The van der Waals surface area contributed by atoms with Crippen molar-refractivity contribution in [2.45, 2.75) is 59.6 Å². The van der Waals surface area contributed by atoms with Crippen molar-refractivity contribution in [1.29, 1.82) is 0 Å². The Balaban J connectivity index is 2.17. The van der Waals surface area contributed by atoms with E-state index >= 15 is 0 Å². The van der Waals surface area contributed by atoms with E-state index in [9.17, 15) is 10.0 Å². The number of ether oxygens (including phenoxy) is 1. The largest absolute Gasteiger partial charge is 0.601 e. The Kier molecular flexibility index (Phi) is 6.89. The minimum atomic E-state index is -1.03. The Morgan fingerprint density at radius 2 is 1.67 bits per heavy atom. The van der Waals surface area contributed by atoms with Gasteiger partial charge in [0.15, 0.2) is 0 Å². The fraction of sp³-hybridized carbons (Fsp3) is 0.667. The molecule has 1 amide bonds. The molecule has 0 N–H and O–H groups in total. The van der Waals surface area contributed by atoms with Crippen molar-refractivity contribution in [2.75, 3.05) is 31.1 Å². The zero-order valence-electron chi connectivity index (χ0n) is 17.6. The average Bonchev–Trinajstić information content (AvgIpc) is 2.59. The molecule has 1 aliphatic rings. The minimum Gasteiger partial charge on any atom is -0.601 e. The summed E-state index contributed by atoms with van der Waals surface area (Å²) in [7, 11) is 0. The number of hydrogen-bond acceptors (Lipinski definition) is 5. The van der Waals surface area contributed by atoms with E-state index in [-0.39, 0.29) is 6.04 Å². The van der Waals surface area contributed by atoms with Gasteiger partial charge in [-0.1, -0.05) is 32.0 Å². The zero-order valence-corrected chi connectivity index (χ0v) is 17.6. The maximum absolute atomic E-state index is 13.9. The van der Waals surface area contributed by atoms with Gasteiger partial charge in [0.25, 0.3) is 0 Å². The van der Waals surface area contributed by atoms with Gasteiger partial charge < -0.3 is 14.8 Å². The number of piperazine rings is 1. The first-order valence-corrected chi connectivity index (χ1v) is 9.92. The standard InChI is InChI=1S/C21H35N3O3/c1-17(2)16-18(3)24(26,20(25)27-21(4,5)6)23-14-12-22(13-15-23)19-10-8-7-9-11-19/h7-11,17-18H,12-16H2,1-6H3. The lowest BCUT2D eigenvalue weighted by atomic mass is 10.0. The lowest BCUT2D eigenvalue weighted by Crippen LogP contribution is -2.68.